The molecule has 0 amide bonds. The number of fused-ring (bicyclic) bond motifs is 4. The highest BCUT2D eigenvalue weighted by Gasteiger charge is 2.87. The lowest BCUT2D eigenvalue weighted by Gasteiger charge is -2.54. The molecule has 2 unspecified atom stereocenters. The third kappa shape index (κ3) is 2.30. The van der Waals surface area contributed by atoms with E-state index in [1.165, 1.54) is 43.8 Å². The lowest BCUT2D eigenvalue weighted by atomic mass is 9.51. The van der Waals surface area contributed by atoms with Crippen molar-refractivity contribution < 1.29 is 9.47 Å². The highest BCUT2D eigenvalue weighted by molar-refractivity contribution is 6.52. The van der Waals surface area contributed by atoms with Gasteiger partial charge in [0.2, 0.25) is 5.79 Å². The maximum absolute atomic E-state index is 7.68. The first-order chi connectivity index (χ1) is 17.8. The van der Waals surface area contributed by atoms with Crippen molar-refractivity contribution in [3.8, 4) is 0 Å². The van der Waals surface area contributed by atoms with Gasteiger partial charge in [0, 0.05) is 37.9 Å². The molecule has 0 aromatic heterocycles. The molecule has 4 atom stereocenters. The summed E-state index contributed by atoms with van der Waals surface area (Å²) in [5.41, 5.74) is 5.06. The van der Waals surface area contributed by atoms with Gasteiger partial charge in [0.1, 0.15) is 9.75 Å². The predicted molar refractivity (Wildman–Crippen MR) is 151 cm³/mol. The minimum Gasteiger partial charge on any atom is -0.350 e. The second-order valence-corrected chi connectivity index (χ2v) is 12.7. The third-order valence-corrected chi connectivity index (χ3v) is 12.3. The second kappa shape index (κ2) is 7.24. The average molecular weight is 568 g/mol. The quantitative estimate of drug-likeness (QED) is 0.179. The SMILES string of the molecule is COC1(OC)[C@@]2(Cl)C(Cl)=C(Cl)[C@]1(Cl)C1C3c4cc5ccccc5cc4C(c4cc5ccccc5cc43)C12. The van der Waals surface area contributed by atoms with E-state index in [9.17, 15) is 0 Å². The molecule has 186 valence electrons. The fourth-order valence-electron chi connectivity index (χ4n) is 8.39. The molecule has 4 aromatic carbocycles. The molecule has 37 heavy (non-hydrogen) atoms. The van der Waals surface area contributed by atoms with Crippen molar-refractivity contribution in [2.75, 3.05) is 14.2 Å². The first-order valence-corrected chi connectivity index (χ1v) is 13.9. The van der Waals surface area contributed by atoms with Crippen LogP contribution in [-0.2, 0) is 9.47 Å². The van der Waals surface area contributed by atoms with Gasteiger partial charge in [-0.2, -0.15) is 0 Å². The van der Waals surface area contributed by atoms with Crippen molar-refractivity contribution in [1.82, 2.24) is 0 Å². The van der Waals surface area contributed by atoms with E-state index in [2.05, 4.69) is 72.8 Å². The number of rotatable bonds is 2. The van der Waals surface area contributed by atoms with Crippen molar-refractivity contribution in [2.45, 2.75) is 27.4 Å². The lowest BCUT2D eigenvalue weighted by molar-refractivity contribution is -0.220. The van der Waals surface area contributed by atoms with Crippen LogP contribution in [0, 0.1) is 11.8 Å². The first-order valence-electron chi connectivity index (χ1n) is 12.4. The molecule has 4 aromatic rings. The Morgan fingerprint density at radius 1 is 0.568 bits per heavy atom. The molecule has 0 heterocycles. The topological polar surface area (TPSA) is 18.5 Å². The number of hydrogen-bond acceptors (Lipinski definition) is 2. The monoisotopic (exact) mass is 566 g/mol. The fourth-order valence-corrected chi connectivity index (χ4v) is 10.7. The van der Waals surface area contributed by atoms with Crippen LogP contribution in [0.3, 0.4) is 0 Å². The molecule has 2 nitrogen and oxygen atoms in total. The summed E-state index contributed by atoms with van der Waals surface area (Å²) in [6.45, 7) is 0. The molecule has 1 fully saturated rings. The molecule has 5 aliphatic carbocycles. The van der Waals surface area contributed by atoms with Crippen LogP contribution < -0.4 is 0 Å². The molecule has 0 spiro atoms. The van der Waals surface area contributed by atoms with Gasteiger partial charge in [-0.05, 0) is 43.8 Å². The summed E-state index contributed by atoms with van der Waals surface area (Å²) < 4.78 is 12.3. The van der Waals surface area contributed by atoms with E-state index in [1.807, 2.05) is 0 Å². The summed E-state index contributed by atoms with van der Waals surface area (Å²) in [7, 11) is 3.17. The number of halogens is 4. The summed E-state index contributed by atoms with van der Waals surface area (Å²) >= 11 is 29.4. The molecule has 4 bridgehead atoms. The Balaban J connectivity index is 1.52. The van der Waals surface area contributed by atoms with Crippen LogP contribution in [0.5, 0.6) is 0 Å². The van der Waals surface area contributed by atoms with E-state index < -0.39 is 15.5 Å². The first kappa shape index (κ1) is 23.1. The third-order valence-electron chi connectivity index (χ3n) is 9.63. The van der Waals surface area contributed by atoms with Crippen LogP contribution in [0.2, 0.25) is 0 Å². The van der Waals surface area contributed by atoms with Gasteiger partial charge in [0.15, 0.2) is 0 Å². The van der Waals surface area contributed by atoms with Crippen LogP contribution in [0.4, 0.5) is 0 Å². The number of alkyl halides is 2. The Morgan fingerprint density at radius 3 is 1.14 bits per heavy atom. The zero-order valence-corrected chi connectivity index (χ0v) is 23.1. The maximum Gasteiger partial charge on any atom is 0.217 e. The van der Waals surface area contributed by atoms with Gasteiger partial charge in [-0.3, -0.25) is 0 Å². The molecule has 0 radical (unpaired) electrons. The van der Waals surface area contributed by atoms with Crippen molar-refractivity contribution >= 4 is 67.9 Å². The molecular formula is C31H22Cl4O2. The van der Waals surface area contributed by atoms with Crippen molar-refractivity contribution in [2.24, 2.45) is 11.8 Å². The highest BCUT2D eigenvalue weighted by Crippen LogP contribution is 2.81. The van der Waals surface area contributed by atoms with Gasteiger partial charge in [-0.15, -0.1) is 23.2 Å². The number of hydrogen-bond donors (Lipinski definition) is 0. The van der Waals surface area contributed by atoms with E-state index in [0.29, 0.717) is 10.1 Å². The van der Waals surface area contributed by atoms with Gasteiger partial charge >= 0.3 is 0 Å². The fraction of sp³-hybridized carbons (Fsp3) is 0.290. The van der Waals surface area contributed by atoms with E-state index in [0.717, 1.165) is 0 Å². The minimum atomic E-state index is -1.42. The lowest BCUT2D eigenvalue weighted by Crippen LogP contribution is -2.57. The molecule has 0 aliphatic heterocycles. The molecular weight excluding hydrogens is 546 g/mol. The molecule has 0 saturated heterocycles. The zero-order chi connectivity index (χ0) is 25.5. The van der Waals surface area contributed by atoms with Gasteiger partial charge < -0.3 is 9.47 Å². The Kier molecular flexibility index (Phi) is 4.53. The number of benzene rings is 4. The largest absolute Gasteiger partial charge is 0.350 e. The minimum absolute atomic E-state index is 0.0597. The highest BCUT2D eigenvalue weighted by atomic mass is 35.5. The van der Waals surface area contributed by atoms with E-state index in [1.54, 1.807) is 14.2 Å². The molecule has 6 heteroatoms. The zero-order valence-electron chi connectivity index (χ0n) is 20.1. The number of methoxy groups -OCH3 is 2. The Morgan fingerprint density at radius 2 is 0.865 bits per heavy atom. The van der Waals surface area contributed by atoms with Crippen molar-refractivity contribution in [3.63, 3.8) is 0 Å². The van der Waals surface area contributed by atoms with E-state index in [-0.39, 0.29) is 23.7 Å². The molecule has 5 aliphatic rings. The maximum atomic E-state index is 7.68. The normalized spacial score (nSPS) is 34.2. The van der Waals surface area contributed by atoms with Crippen molar-refractivity contribution in [3.05, 3.63) is 105 Å². The summed E-state index contributed by atoms with van der Waals surface area (Å²) in [6, 6.07) is 26.3. The molecule has 1 saturated carbocycles. The second-order valence-electron chi connectivity index (χ2n) is 10.7. The van der Waals surface area contributed by atoms with E-state index >= 15 is 0 Å². The van der Waals surface area contributed by atoms with Gasteiger partial charge in [-0.1, -0.05) is 96.0 Å². The van der Waals surface area contributed by atoms with Crippen LogP contribution in [-0.4, -0.2) is 29.8 Å². The van der Waals surface area contributed by atoms with Gasteiger partial charge in [0.25, 0.3) is 0 Å². The Bertz CT molecular complexity index is 1500. The van der Waals surface area contributed by atoms with Gasteiger partial charge in [0.05, 0.1) is 10.1 Å². The Hall–Kier alpha value is -1.78. The van der Waals surface area contributed by atoms with Crippen LogP contribution in [0.15, 0.2) is 82.9 Å². The Labute approximate surface area is 235 Å². The van der Waals surface area contributed by atoms with Crippen LogP contribution in [0.25, 0.3) is 21.5 Å². The van der Waals surface area contributed by atoms with E-state index in [4.69, 9.17) is 55.9 Å². The van der Waals surface area contributed by atoms with Crippen LogP contribution >= 0.6 is 46.4 Å². The predicted octanol–water partition coefficient (Wildman–Crippen LogP) is 8.48. The van der Waals surface area contributed by atoms with Crippen LogP contribution in [0.1, 0.15) is 34.1 Å². The number of ether oxygens (including phenoxy) is 2. The summed E-state index contributed by atoms with van der Waals surface area (Å²) in [5.74, 6) is -1.92. The summed E-state index contributed by atoms with van der Waals surface area (Å²) in [6.07, 6.45) is 0. The van der Waals surface area contributed by atoms with Crippen molar-refractivity contribution in [1.29, 1.82) is 0 Å². The molecule has 9 rings (SSSR count). The standard InChI is InChI=1S/C31H22Cl4O2/c1-36-31(37-2)29(34)25-23-19-11-15-7-3-4-8-16(15)12-20(19)24(26(25)30(31,35)28(33)27(29)32)22-14-18-10-6-5-9-17(18)13-21(22)23/h3-14,23-26H,1-2H3/t23?,24?,25?,26?,29-,30+. The molecule has 0 N–H and O–H groups in total. The average Bonchev–Trinajstić information content (AvgIpc) is 3.19. The summed E-state index contributed by atoms with van der Waals surface area (Å²) in [5, 5.41) is 5.45. The van der Waals surface area contributed by atoms with Gasteiger partial charge in [-0.25, -0.2) is 0 Å². The smallest absolute Gasteiger partial charge is 0.217 e. The summed E-state index contributed by atoms with van der Waals surface area (Å²) in [4.78, 5) is -2.51.